The molecule has 0 aliphatic heterocycles. The molecule has 0 aliphatic carbocycles. The van der Waals surface area contributed by atoms with E-state index in [1.54, 1.807) is 20.8 Å². The maximum Gasteiger partial charge on any atom is 0.408 e. The van der Waals surface area contributed by atoms with Crippen LogP contribution in [0.15, 0.2) is 20.0 Å². The molecule has 9 nitrogen and oxygen atoms in total. The number of halogens is 1. The molecule has 31 heavy (non-hydrogen) atoms. The number of hydrogen-bond acceptors (Lipinski definition) is 7. The van der Waals surface area contributed by atoms with Gasteiger partial charge in [-0.05, 0) is 39.2 Å². The van der Waals surface area contributed by atoms with Crippen molar-refractivity contribution < 1.29 is 28.1 Å². The molecule has 0 fully saturated rings. The number of rotatable bonds is 9. The van der Waals surface area contributed by atoms with E-state index >= 15 is 0 Å². The third kappa shape index (κ3) is 9.98. The number of carbonyl (C=O) groups excluding carboxylic acids is 3. The van der Waals surface area contributed by atoms with Gasteiger partial charge in [-0.1, -0.05) is 25.4 Å². The van der Waals surface area contributed by atoms with Crippen LogP contribution in [0.1, 0.15) is 47.5 Å². The van der Waals surface area contributed by atoms with E-state index in [0.29, 0.717) is 5.02 Å². The highest BCUT2D eigenvalue weighted by Crippen LogP contribution is 2.25. The number of thiophene rings is 1. The third-order valence-electron chi connectivity index (χ3n) is 3.52. The SMILES string of the molecule is COCCC(=O)NS(=O)(=NC(=O)[C@H](CC(C)C)NC(=O)OC(C)(C)C)c1cc(Cl)cs1. The summed E-state index contributed by atoms with van der Waals surface area (Å²) in [5, 5.41) is 4.30. The van der Waals surface area contributed by atoms with Crippen LogP contribution in [0.5, 0.6) is 0 Å². The van der Waals surface area contributed by atoms with E-state index in [-0.39, 0.29) is 29.6 Å². The Balaban J connectivity index is 3.26. The maximum absolute atomic E-state index is 13.5. The summed E-state index contributed by atoms with van der Waals surface area (Å²) in [5.74, 6) is -1.43. The van der Waals surface area contributed by atoms with Crippen molar-refractivity contribution in [3.8, 4) is 0 Å². The van der Waals surface area contributed by atoms with Crippen LogP contribution >= 0.6 is 22.9 Å². The minimum Gasteiger partial charge on any atom is -0.444 e. The van der Waals surface area contributed by atoms with Crippen LogP contribution in [0.2, 0.25) is 5.02 Å². The van der Waals surface area contributed by atoms with E-state index in [9.17, 15) is 18.6 Å². The number of nitrogens with one attached hydrogen (secondary N) is 2. The summed E-state index contributed by atoms with van der Waals surface area (Å²) in [6.45, 7) is 8.91. The van der Waals surface area contributed by atoms with E-state index in [4.69, 9.17) is 21.1 Å². The van der Waals surface area contributed by atoms with E-state index in [0.717, 1.165) is 11.3 Å². The second-order valence-electron chi connectivity index (χ2n) is 8.14. The first-order valence-electron chi connectivity index (χ1n) is 9.60. The molecule has 2 N–H and O–H groups in total. The molecule has 0 radical (unpaired) electrons. The quantitative estimate of drug-likeness (QED) is 0.537. The molecule has 1 aromatic rings. The molecule has 176 valence electrons. The van der Waals surface area contributed by atoms with Crippen LogP contribution in [0.4, 0.5) is 4.79 Å². The lowest BCUT2D eigenvalue weighted by Crippen LogP contribution is -2.44. The summed E-state index contributed by atoms with van der Waals surface area (Å²) >= 11 is 6.94. The van der Waals surface area contributed by atoms with Crippen molar-refractivity contribution >= 4 is 50.8 Å². The molecule has 0 saturated carbocycles. The molecule has 3 amide bonds. The molecule has 0 aliphatic rings. The Morgan fingerprint density at radius 1 is 1.29 bits per heavy atom. The maximum atomic E-state index is 13.5. The number of ether oxygens (including phenoxy) is 2. The second-order valence-corrected chi connectivity index (χ2v) is 11.6. The largest absolute Gasteiger partial charge is 0.444 e. The zero-order valence-electron chi connectivity index (χ0n) is 18.5. The van der Waals surface area contributed by atoms with E-state index in [1.807, 2.05) is 13.8 Å². The third-order valence-corrected chi connectivity index (χ3v) is 7.16. The van der Waals surface area contributed by atoms with Crippen molar-refractivity contribution in [3.05, 3.63) is 16.5 Å². The average molecular weight is 496 g/mol. The van der Waals surface area contributed by atoms with Gasteiger partial charge in [0.2, 0.25) is 5.91 Å². The molecule has 12 heteroatoms. The van der Waals surface area contributed by atoms with Gasteiger partial charge in [-0.25, -0.2) is 9.00 Å². The first-order valence-corrected chi connectivity index (χ1v) is 12.4. The first-order chi connectivity index (χ1) is 14.3. The Hall–Kier alpha value is -1.69. The normalized spacial score (nSPS) is 14.5. The Morgan fingerprint density at radius 3 is 2.42 bits per heavy atom. The van der Waals surface area contributed by atoms with Crippen LogP contribution < -0.4 is 10.0 Å². The Morgan fingerprint density at radius 2 is 1.94 bits per heavy atom. The predicted molar refractivity (Wildman–Crippen MR) is 120 cm³/mol. The van der Waals surface area contributed by atoms with Gasteiger partial charge in [0.1, 0.15) is 15.9 Å². The van der Waals surface area contributed by atoms with E-state index in [1.165, 1.54) is 18.6 Å². The molecule has 1 aromatic heterocycles. The monoisotopic (exact) mass is 495 g/mol. The molecule has 1 unspecified atom stereocenters. The predicted octanol–water partition coefficient (Wildman–Crippen LogP) is 3.76. The molecule has 0 saturated heterocycles. The van der Waals surface area contributed by atoms with Gasteiger partial charge in [0.25, 0.3) is 5.91 Å². The van der Waals surface area contributed by atoms with Crippen LogP contribution in [-0.2, 0) is 29.0 Å². The smallest absolute Gasteiger partial charge is 0.408 e. The molecular weight excluding hydrogens is 466 g/mol. The van der Waals surface area contributed by atoms with Crippen LogP contribution in [0.3, 0.4) is 0 Å². The number of nitrogens with zero attached hydrogens (tertiary/aromatic N) is 1. The minimum absolute atomic E-state index is 0.0163. The summed E-state index contributed by atoms with van der Waals surface area (Å²) in [6, 6.07) is 0.294. The lowest BCUT2D eigenvalue weighted by molar-refractivity contribution is -0.120. The molecule has 0 bridgehead atoms. The summed E-state index contributed by atoms with van der Waals surface area (Å²) in [4.78, 5) is 37.3. The summed E-state index contributed by atoms with van der Waals surface area (Å²) in [6.07, 6.45) is -0.626. The summed E-state index contributed by atoms with van der Waals surface area (Å²) in [7, 11) is -2.24. The lowest BCUT2D eigenvalue weighted by Gasteiger charge is -2.23. The Labute approximate surface area is 192 Å². The second kappa shape index (κ2) is 11.8. The highest BCUT2D eigenvalue weighted by atomic mass is 35.5. The highest BCUT2D eigenvalue weighted by Gasteiger charge is 2.28. The van der Waals surface area contributed by atoms with Gasteiger partial charge < -0.3 is 14.8 Å². The van der Waals surface area contributed by atoms with Gasteiger partial charge in [0.05, 0.1) is 18.1 Å². The standard InChI is InChI=1S/C19H30ClN3O6S2/c1-12(2)9-14(21-18(26)29-19(3,4)5)17(25)23-31(27,16-10-13(20)11-30-16)22-15(24)7-8-28-6/h10-12,14H,7-9H2,1-6H3,(H,21,26)(H,22,23,24,25,27)/t14-,31?/m0/s1. The van der Waals surface area contributed by atoms with Gasteiger partial charge in [-0.3, -0.25) is 14.3 Å². The number of alkyl carbamates (subject to hydrolysis) is 1. The lowest BCUT2D eigenvalue weighted by atomic mass is 10.0. The van der Waals surface area contributed by atoms with Crippen molar-refractivity contribution in [2.75, 3.05) is 13.7 Å². The first kappa shape index (κ1) is 27.3. The number of hydrogen-bond donors (Lipinski definition) is 2. The fraction of sp³-hybridized carbons (Fsp3) is 0.632. The fourth-order valence-corrected chi connectivity index (χ4v) is 5.37. The highest BCUT2D eigenvalue weighted by molar-refractivity contribution is 7.94. The Kier molecular flexibility index (Phi) is 10.4. The molecule has 1 rings (SSSR count). The van der Waals surface area contributed by atoms with Crippen LogP contribution in [-0.4, -0.2) is 47.5 Å². The van der Waals surface area contributed by atoms with Gasteiger partial charge in [0.15, 0.2) is 9.92 Å². The Bertz CT molecular complexity index is 901. The molecule has 0 aromatic carbocycles. The van der Waals surface area contributed by atoms with Crippen molar-refractivity contribution in [3.63, 3.8) is 0 Å². The number of amides is 3. The van der Waals surface area contributed by atoms with E-state index in [2.05, 4.69) is 14.4 Å². The van der Waals surface area contributed by atoms with Gasteiger partial charge >= 0.3 is 6.09 Å². The van der Waals surface area contributed by atoms with Gasteiger partial charge in [-0.2, -0.15) is 0 Å². The summed E-state index contributed by atoms with van der Waals surface area (Å²) in [5.41, 5.74) is -0.761. The van der Waals surface area contributed by atoms with Crippen LogP contribution in [0.25, 0.3) is 0 Å². The summed E-state index contributed by atoms with van der Waals surface area (Å²) < 4.78 is 29.9. The van der Waals surface area contributed by atoms with E-state index < -0.39 is 39.5 Å². The van der Waals surface area contributed by atoms with Gasteiger partial charge in [0, 0.05) is 12.5 Å². The molecular formula is C19H30ClN3O6S2. The van der Waals surface area contributed by atoms with Crippen molar-refractivity contribution in [2.24, 2.45) is 10.3 Å². The molecule has 0 spiro atoms. The number of carbonyl (C=O) groups is 3. The average Bonchev–Trinajstić information content (AvgIpc) is 3.04. The van der Waals surface area contributed by atoms with Crippen molar-refractivity contribution in [1.82, 2.24) is 10.0 Å². The van der Waals surface area contributed by atoms with Crippen molar-refractivity contribution in [1.29, 1.82) is 0 Å². The number of methoxy groups -OCH3 is 1. The zero-order chi connectivity index (χ0) is 23.8. The zero-order valence-corrected chi connectivity index (χ0v) is 20.9. The minimum atomic E-state index is -3.67. The van der Waals surface area contributed by atoms with Crippen LogP contribution in [0, 0.1) is 5.92 Å². The van der Waals surface area contributed by atoms with Crippen molar-refractivity contribution in [2.45, 2.75) is 63.3 Å². The topological polar surface area (TPSA) is 123 Å². The fourth-order valence-electron chi connectivity index (χ4n) is 2.29. The molecule has 1 heterocycles. The van der Waals surface area contributed by atoms with Gasteiger partial charge in [-0.15, -0.1) is 15.7 Å². The molecule has 2 atom stereocenters.